The highest BCUT2D eigenvalue weighted by Gasteiger charge is 2.37. The molecule has 0 aliphatic carbocycles. The molecule has 0 amide bonds. The van der Waals surface area contributed by atoms with E-state index in [0.717, 1.165) is 26.1 Å². The number of nitrogens with zero attached hydrogens (tertiary/aromatic N) is 2. The normalized spacial score (nSPS) is 26.3. The Balaban J connectivity index is 2.47. The first-order chi connectivity index (χ1) is 6.60. The molecule has 0 aromatic heterocycles. The summed E-state index contributed by atoms with van der Waals surface area (Å²) in [5, 5.41) is 8.67. The first-order valence-electron chi connectivity index (χ1n) is 5.21. The average molecular weight is 196 g/mol. The summed E-state index contributed by atoms with van der Waals surface area (Å²) in [6, 6.07) is 2.27. The number of rotatable bonds is 4. The van der Waals surface area contributed by atoms with Crippen LogP contribution in [-0.2, 0) is 4.74 Å². The number of nitriles is 1. The molecule has 0 aromatic rings. The second kappa shape index (κ2) is 4.77. The topological polar surface area (TPSA) is 36.3 Å². The summed E-state index contributed by atoms with van der Waals surface area (Å²) in [6.07, 6.45) is 1.82. The Bertz CT molecular complexity index is 220. The van der Waals surface area contributed by atoms with Gasteiger partial charge in [0.25, 0.3) is 0 Å². The zero-order valence-corrected chi connectivity index (χ0v) is 9.42. The van der Waals surface area contributed by atoms with E-state index in [1.807, 2.05) is 0 Å². The lowest BCUT2D eigenvalue weighted by atomic mass is 9.95. The minimum Gasteiger partial charge on any atom is -0.383 e. The van der Waals surface area contributed by atoms with Crippen LogP contribution in [0.4, 0.5) is 0 Å². The third kappa shape index (κ3) is 2.70. The Morgan fingerprint density at radius 1 is 1.57 bits per heavy atom. The monoisotopic (exact) mass is 196 g/mol. The van der Waals surface area contributed by atoms with Crippen molar-refractivity contribution < 1.29 is 4.74 Å². The van der Waals surface area contributed by atoms with Gasteiger partial charge in [-0.15, -0.1) is 0 Å². The van der Waals surface area contributed by atoms with Crippen molar-refractivity contribution in [2.45, 2.75) is 32.2 Å². The van der Waals surface area contributed by atoms with Crippen LogP contribution in [0.15, 0.2) is 0 Å². The van der Waals surface area contributed by atoms with E-state index in [4.69, 9.17) is 10.00 Å². The van der Waals surface area contributed by atoms with E-state index >= 15 is 0 Å². The van der Waals surface area contributed by atoms with Gasteiger partial charge in [0.1, 0.15) is 0 Å². The fourth-order valence-corrected chi connectivity index (χ4v) is 2.32. The Labute approximate surface area is 86.6 Å². The zero-order valence-electron chi connectivity index (χ0n) is 9.42. The Morgan fingerprint density at radius 2 is 2.29 bits per heavy atom. The van der Waals surface area contributed by atoms with Crippen LogP contribution in [-0.4, -0.2) is 37.2 Å². The van der Waals surface area contributed by atoms with E-state index in [2.05, 4.69) is 24.8 Å². The van der Waals surface area contributed by atoms with Crippen molar-refractivity contribution >= 4 is 0 Å². The second-order valence-electron chi connectivity index (χ2n) is 4.68. The second-order valence-corrected chi connectivity index (χ2v) is 4.68. The van der Waals surface area contributed by atoms with Gasteiger partial charge in [0, 0.05) is 32.2 Å². The Morgan fingerprint density at radius 3 is 2.86 bits per heavy atom. The maximum atomic E-state index is 8.67. The highest BCUT2D eigenvalue weighted by Crippen LogP contribution is 2.33. The van der Waals surface area contributed by atoms with Crippen molar-refractivity contribution in [2.24, 2.45) is 5.92 Å². The van der Waals surface area contributed by atoms with E-state index in [1.54, 1.807) is 7.11 Å². The van der Waals surface area contributed by atoms with Crippen LogP contribution >= 0.6 is 0 Å². The third-order valence-corrected chi connectivity index (χ3v) is 3.07. The van der Waals surface area contributed by atoms with Crippen molar-refractivity contribution in [2.75, 3.05) is 26.8 Å². The third-order valence-electron chi connectivity index (χ3n) is 3.07. The molecular formula is C11H20N2O. The lowest BCUT2D eigenvalue weighted by Crippen LogP contribution is -2.40. The number of hydrogen-bond acceptors (Lipinski definition) is 3. The maximum absolute atomic E-state index is 8.67. The molecule has 0 radical (unpaired) electrons. The molecule has 1 saturated heterocycles. The predicted molar refractivity (Wildman–Crippen MR) is 55.9 cm³/mol. The molecule has 14 heavy (non-hydrogen) atoms. The molecule has 3 nitrogen and oxygen atoms in total. The average Bonchev–Trinajstić information content (AvgIpc) is 2.38. The van der Waals surface area contributed by atoms with Gasteiger partial charge in [-0.3, -0.25) is 4.90 Å². The van der Waals surface area contributed by atoms with Gasteiger partial charge in [0.2, 0.25) is 0 Å². The minimum atomic E-state index is 0.236. The molecule has 80 valence electrons. The molecule has 0 bridgehead atoms. The summed E-state index contributed by atoms with van der Waals surface area (Å²) in [6.45, 7) is 7.30. The zero-order chi connectivity index (χ0) is 10.6. The quantitative estimate of drug-likeness (QED) is 0.686. The molecule has 1 rings (SSSR count). The van der Waals surface area contributed by atoms with Crippen LogP contribution in [0.2, 0.25) is 0 Å². The Kier molecular flexibility index (Phi) is 3.91. The fraction of sp³-hybridized carbons (Fsp3) is 0.909. The van der Waals surface area contributed by atoms with E-state index in [9.17, 15) is 0 Å². The van der Waals surface area contributed by atoms with Gasteiger partial charge >= 0.3 is 0 Å². The molecule has 1 fully saturated rings. The Hall–Kier alpha value is -0.590. The van der Waals surface area contributed by atoms with Gasteiger partial charge in [0.15, 0.2) is 0 Å². The van der Waals surface area contributed by atoms with Crippen molar-refractivity contribution in [3.63, 3.8) is 0 Å². The molecule has 1 heterocycles. The van der Waals surface area contributed by atoms with Crippen LogP contribution in [0, 0.1) is 17.2 Å². The lowest BCUT2D eigenvalue weighted by molar-refractivity contribution is 0.109. The van der Waals surface area contributed by atoms with Crippen LogP contribution in [0.5, 0.6) is 0 Å². The van der Waals surface area contributed by atoms with Crippen LogP contribution in [0.25, 0.3) is 0 Å². The van der Waals surface area contributed by atoms with Gasteiger partial charge in [0.05, 0.1) is 12.7 Å². The molecule has 0 spiro atoms. The van der Waals surface area contributed by atoms with Gasteiger partial charge < -0.3 is 4.74 Å². The van der Waals surface area contributed by atoms with Crippen molar-refractivity contribution in [3.8, 4) is 6.07 Å². The molecular weight excluding hydrogens is 176 g/mol. The highest BCUT2D eigenvalue weighted by molar-refractivity contribution is 4.95. The molecule has 0 aromatic carbocycles. The van der Waals surface area contributed by atoms with Crippen LogP contribution < -0.4 is 0 Å². The maximum Gasteiger partial charge on any atom is 0.0625 e. The standard InChI is InChI=1S/C11H20N2O/c1-11(2)8-10(4-5-12)9-13(11)6-7-14-3/h10H,4,6-9H2,1-3H3. The van der Waals surface area contributed by atoms with Gasteiger partial charge in [-0.25, -0.2) is 0 Å². The van der Waals surface area contributed by atoms with Gasteiger partial charge in [-0.05, 0) is 26.2 Å². The largest absolute Gasteiger partial charge is 0.383 e. The first kappa shape index (κ1) is 11.5. The van der Waals surface area contributed by atoms with Crippen LogP contribution in [0.3, 0.4) is 0 Å². The first-order valence-corrected chi connectivity index (χ1v) is 5.21. The molecule has 1 aliphatic rings. The van der Waals surface area contributed by atoms with E-state index < -0.39 is 0 Å². The van der Waals surface area contributed by atoms with E-state index in [0.29, 0.717) is 12.3 Å². The molecule has 1 aliphatic heterocycles. The number of ether oxygens (including phenoxy) is 1. The SMILES string of the molecule is COCCN1CC(CC#N)CC1(C)C. The van der Waals surface area contributed by atoms with Crippen LogP contribution in [0.1, 0.15) is 26.7 Å². The summed E-state index contributed by atoms with van der Waals surface area (Å²) in [7, 11) is 1.73. The molecule has 1 atom stereocenters. The van der Waals surface area contributed by atoms with Gasteiger partial charge in [-0.2, -0.15) is 5.26 Å². The molecule has 0 N–H and O–H groups in total. The van der Waals surface area contributed by atoms with Crippen molar-refractivity contribution in [1.29, 1.82) is 5.26 Å². The molecule has 0 saturated carbocycles. The fourth-order valence-electron chi connectivity index (χ4n) is 2.32. The summed E-state index contributed by atoms with van der Waals surface area (Å²) in [5.41, 5.74) is 0.236. The summed E-state index contributed by atoms with van der Waals surface area (Å²) >= 11 is 0. The van der Waals surface area contributed by atoms with Crippen molar-refractivity contribution in [3.05, 3.63) is 0 Å². The van der Waals surface area contributed by atoms with E-state index in [1.165, 1.54) is 0 Å². The summed E-state index contributed by atoms with van der Waals surface area (Å²) in [5.74, 6) is 0.548. The van der Waals surface area contributed by atoms with Gasteiger partial charge in [-0.1, -0.05) is 0 Å². The smallest absolute Gasteiger partial charge is 0.0625 e. The number of methoxy groups -OCH3 is 1. The minimum absolute atomic E-state index is 0.236. The molecule has 1 unspecified atom stereocenters. The van der Waals surface area contributed by atoms with E-state index in [-0.39, 0.29) is 5.54 Å². The molecule has 3 heteroatoms. The lowest BCUT2D eigenvalue weighted by Gasteiger charge is -2.30. The number of hydrogen-bond donors (Lipinski definition) is 0. The highest BCUT2D eigenvalue weighted by atomic mass is 16.5. The van der Waals surface area contributed by atoms with Crippen molar-refractivity contribution in [1.82, 2.24) is 4.90 Å². The summed E-state index contributed by atoms with van der Waals surface area (Å²) in [4.78, 5) is 2.43. The number of likely N-dealkylation sites (tertiary alicyclic amines) is 1. The summed E-state index contributed by atoms with van der Waals surface area (Å²) < 4.78 is 5.09. The predicted octanol–water partition coefficient (Wildman–Crippen LogP) is 1.65.